The third-order valence-electron chi connectivity index (χ3n) is 2.31. The average Bonchev–Trinajstić information content (AvgIpc) is 2.85. The SMILES string of the molecule is Cc1ccc(NC(=O)CNCc2ncon2)cc1. The zero-order chi connectivity index (χ0) is 12.8. The van der Waals surface area contributed by atoms with E-state index in [1.807, 2.05) is 31.2 Å². The molecule has 1 aromatic carbocycles. The number of hydrogen-bond acceptors (Lipinski definition) is 5. The van der Waals surface area contributed by atoms with Gasteiger partial charge in [-0.2, -0.15) is 4.98 Å². The van der Waals surface area contributed by atoms with Crippen LogP contribution in [0.25, 0.3) is 0 Å². The van der Waals surface area contributed by atoms with Crippen molar-refractivity contribution in [3.8, 4) is 0 Å². The van der Waals surface area contributed by atoms with E-state index in [-0.39, 0.29) is 12.5 Å². The molecule has 0 saturated carbocycles. The molecule has 6 nitrogen and oxygen atoms in total. The Labute approximate surface area is 104 Å². The predicted molar refractivity (Wildman–Crippen MR) is 65.8 cm³/mol. The summed E-state index contributed by atoms with van der Waals surface area (Å²) in [5, 5.41) is 9.33. The predicted octanol–water partition coefficient (Wildman–Crippen LogP) is 1.11. The first-order valence-corrected chi connectivity index (χ1v) is 5.56. The van der Waals surface area contributed by atoms with Crippen LogP contribution >= 0.6 is 0 Å². The van der Waals surface area contributed by atoms with Crippen LogP contribution in [0.1, 0.15) is 11.4 Å². The number of nitrogens with one attached hydrogen (secondary N) is 2. The van der Waals surface area contributed by atoms with E-state index < -0.39 is 0 Å². The summed E-state index contributed by atoms with van der Waals surface area (Å²) in [5.74, 6) is 0.417. The molecule has 2 aromatic rings. The van der Waals surface area contributed by atoms with Crippen LogP contribution in [0.3, 0.4) is 0 Å². The van der Waals surface area contributed by atoms with Gasteiger partial charge in [-0.3, -0.25) is 4.79 Å². The highest BCUT2D eigenvalue weighted by molar-refractivity contribution is 5.92. The second kappa shape index (κ2) is 5.92. The first-order valence-electron chi connectivity index (χ1n) is 5.56. The van der Waals surface area contributed by atoms with E-state index in [9.17, 15) is 4.79 Å². The fourth-order valence-corrected chi connectivity index (χ4v) is 1.40. The summed E-state index contributed by atoms with van der Waals surface area (Å²) >= 11 is 0. The van der Waals surface area contributed by atoms with Gasteiger partial charge in [-0.15, -0.1) is 0 Å². The van der Waals surface area contributed by atoms with Gasteiger partial charge in [0.15, 0.2) is 5.82 Å². The lowest BCUT2D eigenvalue weighted by atomic mass is 10.2. The minimum Gasteiger partial charge on any atom is -0.343 e. The maximum absolute atomic E-state index is 11.6. The molecule has 0 aliphatic heterocycles. The summed E-state index contributed by atoms with van der Waals surface area (Å²) in [4.78, 5) is 15.4. The van der Waals surface area contributed by atoms with Gasteiger partial charge < -0.3 is 15.2 Å². The van der Waals surface area contributed by atoms with E-state index in [4.69, 9.17) is 0 Å². The van der Waals surface area contributed by atoms with Crippen molar-refractivity contribution >= 4 is 11.6 Å². The van der Waals surface area contributed by atoms with Crippen LogP contribution in [0, 0.1) is 6.92 Å². The van der Waals surface area contributed by atoms with Crippen molar-refractivity contribution in [3.05, 3.63) is 42.0 Å². The Morgan fingerprint density at radius 3 is 2.78 bits per heavy atom. The molecule has 0 bridgehead atoms. The van der Waals surface area contributed by atoms with E-state index in [0.29, 0.717) is 12.4 Å². The molecule has 0 radical (unpaired) electrons. The van der Waals surface area contributed by atoms with Gasteiger partial charge in [-0.1, -0.05) is 22.9 Å². The van der Waals surface area contributed by atoms with Gasteiger partial charge in [0.2, 0.25) is 12.3 Å². The van der Waals surface area contributed by atoms with E-state index in [1.54, 1.807) is 0 Å². The minimum absolute atomic E-state index is 0.109. The molecular weight excluding hydrogens is 232 g/mol. The Bertz CT molecular complexity index is 493. The smallest absolute Gasteiger partial charge is 0.238 e. The summed E-state index contributed by atoms with van der Waals surface area (Å²) < 4.78 is 4.58. The van der Waals surface area contributed by atoms with Gasteiger partial charge in [0.25, 0.3) is 0 Å². The van der Waals surface area contributed by atoms with Gasteiger partial charge in [0.05, 0.1) is 13.1 Å². The molecule has 0 fully saturated rings. The van der Waals surface area contributed by atoms with Crippen molar-refractivity contribution in [3.63, 3.8) is 0 Å². The minimum atomic E-state index is -0.109. The second-order valence-electron chi connectivity index (χ2n) is 3.87. The molecule has 1 heterocycles. The molecule has 18 heavy (non-hydrogen) atoms. The van der Waals surface area contributed by atoms with Gasteiger partial charge in [-0.25, -0.2) is 0 Å². The third-order valence-corrected chi connectivity index (χ3v) is 2.31. The number of benzene rings is 1. The molecule has 0 unspecified atom stereocenters. The first kappa shape index (κ1) is 12.3. The highest BCUT2D eigenvalue weighted by Gasteiger charge is 2.03. The highest BCUT2D eigenvalue weighted by atomic mass is 16.5. The number of amides is 1. The number of carbonyl (C=O) groups excluding carboxylic acids is 1. The monoisotopic (exact) mass is 246 g/mol. The molecule has 1 aromatic heterocycles. The summed E-state index contributed by atoms with van der Waals surface area (Å²) in [6.45, 7) is 2.60. The summed E-state index contributed by atoms with van der Waals surface area (Å²) in [7, 11) is 0. The average molecular weight is 246 g/mol. The molecule has 0 aliphatic rings. The lowest BCUT2D eigenvalue weighted by Gasteiger charge is -2.05. The van der Waals surface area contributed by atoms with Crippen LogP contribution in [0.4, 0.5) is 5.69 Å². The number of aryl methyl sites for hydroxylation is 1. The molecule has 0 saturated heterocycles. The van der Waals surface area contributed by atoms with Crippen LogP contribution in [-0.4, -0.2) is 22.6 Å². The van der Waals surface area contributed by atoms with Crippen molar-refractivity contribution in [2.45, 2.75) is 13.5 Å². The zero-order valence-corrected chi connectivity index (χ0v) is 10.0. The van der Waals surface area contributed by atoms with Gasteiger partial charge >= 0.3 is 0 Å². The Kier molecular flexibility index (Phi) is 4.03. The third kappa shape index (κ3) is 3.67. The van der Waals surface area contributed by atoms with Crippen molar-refractivity contribution in [1.82, 2.24) is 15.5 Å². The second-order valence-corrected chi connectivity index (χ2v) is 3.87. The Morgan fingerprint density at radius 1 is 1.33 bits per heavy atom. The quantitative estimate of drug-likeness (QED) is 0.826. The number of aromatic nitrogens is 2. The largest absolute Gasteiger partial charge is 0.343 e. The Morgan fingerprint density at radius 2 is 2.11 bits per heavy atom. The fourth-order valence-electron chi connectivity index (χ4n) is 1.40. The molecule has 94 valence electrons. The maximum atomic E-state index is 11.6. The van der Waals surface area contributed by atoms with E-state index >= 15 is 0 Å². The van der Waals surface area contributed by atoms with Crippen molar-refractivity contribution in [2.75, 3.05) is 11.9 Å². The summed E-state index contributed by atoms with van der Waals surface area (Å²) in [5.41, 5.74) is 1.94. The van der Waals surface area contributed by atoms with Gasteiger partial charge in [-0.05, 0) is 19.1 Å². The van der Waals surface area contributed by atoms with Crippen molar-refractivity contribution in [2.24, 2.45) is 0 Å². The number of rotatable bonds is 5. The molecule has 0 spiro atoms. The first-order chi connectivity index (χ1) is 8.74. The molecule has 1 amide bonds. The van der Waals surface area contributed by atoms with Gasteiger partial charge in [0, 0.05) is 5.69 Å². The molecule has 2 rings (SSSR count). The number of hydrogen-bond donors (Lipinski definition) is 2. The van der Waals surface area contributed by atoms with Crippen LogP contribution < -0.4 is 10.6 Å². The summed E-state index contributed by atoms with van der Waals surface area (Å²) in [6, 6.07) is 7.63. The Hall–Kier alpha value is -2.21. The molecule has 0 atom stereocenters. The molecule has 6 heteroatoms. The zero-order valence-electron chi connectivity index (χ0n) is 10.0. The van der Waals surface area contributed by atoms with Crippen LogP contribution in [0.2, 0.25) is 0 Å². The Balaban J connectivity index is 1.73. The fraction of sp³-hybridized carbons (Fsp3) is 0.250. The molecule has 0 aliphatic carbocycles. The van der Waals surface area contributed by atoms with Crippen LogP contribution in [-0.2, 0) is 11.3 Å². The maximum Gasteiger partial charge on any atom is 0.238 e. The van der Waals surface area contributed by atoms with E-state index in [1.165, 1.54) is 6.39 Å². The number of nitrogens with zero attached hydrogens (tertiary/aromatic N) is 2. The number of anilines is 1. The topological polar surface area (TPSA) is 80.0 Å². The standard InChI is InChI=1S/C12H14N4O2/c1-9-2-4-10(5-3-9)15-12(17)7-13-6-11-14-8-18-16-11/h2-5,8,13H,6-7H2,1H3,(H,15,17). The number of carbonyl (C=O) groups is 1. The van der Waals surface area contributed by atoms with Crippen molar-refractivity contribution in [1.29, 1.82) is 0 Å². The normalized spacial score (nSPS) is 10.3. The summed E-state index contributed by atoms with van der Waals surface area (Å²) in [6.07, 6.45) is 1.25. The lowest BCUT2D eigenvalue weighted by Crippen LogP contribution is -2.28. The molecular formula is C12H14N4O2. The highest BCUT2D eigenvalue weighted by Crippen LogP contribution is 2.07. The molecule has 2 N–H and O–H groups in total. The van der Waals surface area contributed by atoms with E-state index in [0.717, 1.165) is 11.3 Å². The van der Waals surface area contributed by atoms with Crippen LogP contribution in [0.5, 0.6) is 0 Å². The van der Waals surface area contributed by atoms with Crippen LogP contribution in [0.15, 0.2) is 35.2 Å². The van der Waals surface area contributed by atoms with Gasteiger partial charge in [0.1, 0.15) is 0 Å². The van der Waals surface area contributed by atoms with E-state index in [2.05, 4.69) is 25.3 Å². The van der Waals surface area contributed by atoms with Crippen molar-refractivity contribution < 1.29 is 9.32 Å². The lowest BCUT2D eigenvalue weighted by molar-refractivity contribution is -0.115.